The molecule has 1 fully saturated rings. The van der Waals surface area contributed by atoms with Gasteiger partial charge in [-0.2, -0.15) is 0 Å². The second kappa shape index (κ2) is 10.1. The van der Waals surface area contributed by atoms with Gasteiger partial charge < -0.3 is 14.0 Å². The van der Waals surface area contributed by atoms with Gasteiger partial charge in [-0.25, -0.2) is 0 Å². The van der Waals surface area contributed by atoms with Crippen molar-refractivity contribution in [3.63, 3.8) is 0 Å². The lowest BCUT2D eigenvalue weighted by molar-refractivity contribution is -0.117. The van der Waals surface area contributed by atoms with Gasteiger partial charge in [-0.1, -0.05) is 35.9 Å². The number of rotatable bonds is 4. The summed E-state index contributed by atoms with van der Waals surface area (Å²) in [5.74, 6) is -0.0851. The van der Waals surface area contributed by atoms with Gasteiger partial charge in [-0.3, -0.25) is 19.2 Å². The lowest BCUT2D eigenvalue weighted by Crippen LogP contribution is -2.29. The van der Waals surface area contributed by atoms with Crippen molar-refractivity contribution in [2.45, 2.75) is 33.1 Å². The summed E-state index contributed by atoms with van der Waals surface area (Å²) >= 11 is 0. The van der Waals surface area contributed by atoms with E-state index in [-0.39, 0.29) is 22.5 Å². The van der Waals surface area contributed by atoms with Crippen LogP contribution in [0.5, 0.6) is 0 Å². The molecular weight excluding hydrogens is 434 g/mol. The first-order valence-electron chi connectivity index (χ1n) is 11.0. The van der Waals surface area contributed by atoms with Crippen LogP contribution in [-0.4, -0.2) is 42.4 Å². The van der Waals surface area contributed by atoms with Crippen molar-refractivity contribution in [3.8, 4) is 0 Å². The number of nitrogens with zero attached hydrogens (tertiary/aromatic N) is 1. The molecule has 0 N–H and O–H groups in total. The second-order valence-corrected chi connectivity index (χ2v) is 8.39. The summed E-state index contributed by atoms with van der Waals surface area (Å²) in [5.41, 5.74) is 5.10. The highest BCUT2D eigenvalue weighted by molar-refractivity contribution is 6.17. The zero-order valence-corrected chi connectivity index (χ0v) is 19.1. The molecule has 34 heavy (non-hydrogen) atoms. The number of Topliss-reactive ketones (excluding diaryl/α,β-unsaturated/α-hetero) is 1. The highest BCUT2D eigenvalue weighted by atomic mass is 16.7. The standard InChI is InChI=1S/C15H15NO4.C12H10O2/c1-10-2-3-11-7-12(9-17)15(18)16(13(11)6-10)8-14-19-4-5-20-14;1-8-2-3-9-5-11(7-13)12(14)6-10(9)4-8/h2-3,6-7,9,14H,4-5,8H2,1H3;2-5,7H,6H2,1H3. The third-order valence-electron chi connectivity index (χ3n) is 5.84. The Bertz CT molecular complexity index is 1360. The molecule has 2 aromatic carbocycles. The number of carbonyl (C=O) groups excluding carboxylic acids is 3. The summed E-state index contributed by atoms with van der Waals surface area (Å²) in [7, 11) is 0. The van der Waals surface area contributed by atoms with Crippen LogP contribution in [0.3, 0.4) is 0 Å². The highest BCUT2D eigenvalue weighted by Gasteiger charge is 2.20. The molecule has 0 unspecified atom stereocenters. The maximum atomic E-state index is 12.3. The summed E-state index contributed by atoms with van der Waals surface area (Å²) in [6, 6.07) is 13.3. The average Bonchev–Trinajstić information content (AvgIpc) is 3.34. The minimum absolute atomic E-state index is 0.0851. The van der Waals surface area contributed by atoms with Crippen molar-refractivity contribution < 1.29 is 23.9 Å². The maximum Gasteiger partial charge on any atom is 0.261 e. The van der Waals surface area contributed by atoms with E-state index in [4.69, 9.17) is 9.47 Å². The van der Waals surface area contributed by atoms with Crippen molar-refractivity contribution in [2.24, 2.45) is 0 Å². The maximum absolute atomic E-state index is 12.3. The summed E-state index contributed by atoms with van der Waals surface area (Å²) in [6.07, 6.45) is 2.80. The predicted molar refractivity (Wildman–Crippen MR) is 128 cm³/mol. The normalized spacial score (nSPS) is 15.4. The number of aldehydes is 2. The topological polar surface area (TPSA) is 91.7 Å². The van der Waals surface area contributed by atoms with E-state index < -0.39 is 6.29 Å². The van der Waals surface area contributed by atoms with Gasteiger partial charge in [-0.15, -0.1) is 0 Å². The van der Waals surface area contributed by atoms with Crippen molar-refractivity contribution in [3.05, 3.63) is 86.2 Å². The van der Waals surface area contributed by atoms with E-state index in [9.17, 15) is 19.2 Å². The summed E-state index contributed by atoms with van der Waals surface area (Å²) in [6.45, 7) is 5.31. The van der Waals surface area contributed by atoms with E-state index in [1.54, 1.807) is 16.7 Å². The van der Waals surface area contributed by atoms with Gasteiger partial charge in [0.15, 0.2) is 24.6 Å². The molecule has 1 aliphatic carbocycles. The number of aryl methyl sites for hydroxylation is 2. The number of allylic oxidation sites excluding steroid dienone is 1. The molecule has 1 aromatic heterocycles. The summed E-state index contributed by atoms with van der Waals surface area (Å²) in [5, 5.41) is 0.857. The Morgan fingerprint density at radius 2 is 1.65 bits per heavy atom. The number of hydrogen-bond donors (Lipinski definition) is 0. The molecule has 0 saturated carbocycles. The van der Waals surface area contributed by atoms with Gasteiger partial charge in [0.05, 0.1) is 36.4 Å². The lowest BCUT2D eigenvalue weighted by Gasteiger charge is -2.15. The van der Waals surface area contributed by atoms with Crippen molar-refractivity contribution in [1.82, 2.24) is 4.57 Å². The van der Waals surface area contributed by atoms with Gasteiger partial charge >= 0.3 is 0 Å². The van der Waals surface area contributed by atoms with Crippen molar-refractivity contribution >= 4 is 35.3 Å². The fourth-order valence-electron chi connectivity index (χ4n) is 4.08. The number of aromatic nitrogens is 1. The molecule has 174 valence electrons. The molecule has 1 aliphatic heterocycles. The van der Waals surface area contributed by atoms with Gasteiger partial charge in [0.25, 0.3) is 5.56 Å². The number of hydrogen-bond acceptors (Lipinski definition) is 6. The minimum atomic E-state index is -0.432. The molecule has 3 aromatic rings. The van der Waals surface area contributed by atoms with E-state index in [0.717, 1.165) is 33.2 Å². The number of benzene rings is 2. The van der Waals surface area contributed by atoms with Crippen LogP contribution >= 0.6 is 0 Å². The fourth-order valence-corrected chi connectivity index (χ4v) is 4.08. The Hall–Kier alpha value is -3.68. The molecule has 1 saturated heterocycles. The molecule has 0 amide bonds. The van der Waals surface area contributed by atoms with E-state index in [1.807, 2.05) is 50.2 Å². The minimum Gasteiger partial charge on any atom is -0.348 e. The Morgan fingerprint density at radius 1 is 0.941 bits per heavy atom. The molecule has 7 nitrogen and oxygen atoms in total. The highest BCUT2D eigenvalue weighted by Crippen LogP contribution is 2.22. The third kappa shape index (κ3) is 4.95. The SMILES string of the molecule is Cc1ccc2c(c1)CC(=O)C(C=O)=C2.Cc1ccc2cc(C=O)c(=O)n(CC3OCCO3)c2c1. The van der Waals surface area contributed by atoms with E-state index in [0.29, 0.717) is 38.8 Å². The fraction of sp³-hybridized carbons (Fsp3) is 0.259. The molecular formula is C27H25NO6. The van der Waals surface area contributed by atoms with Gasteiger partial charge in [0, 0.05) is 6.42 Å². The number of ether oxygens (including phenoxy) is 2. The number of fused-ring (bicyclic) bond motifs is 2. The first-order chi connectivity index (χ1) is 16.4. The Labute approximate surface area is 196 Å². The van der Waals surface area contributed by atoms with Crippen molar-refractivity contribution in [1.29, 1.82) is 0 Å². The third-order valence-corrected chi connectivity index (χ3v) is 5.84. The summed E-state index contributed by atoms with van der Waals surface area (Å²) < 4.78 is 12.3. The van der Waals surface area contributed by atoms with Crippen LogP contribution in [0.2, 0.25) is 0 Å². The molecule has 0 spiro atoms. The van der Waals surface area contributed by atoms with Gasteiger partial charge in [0.2, 0.25) is 0 Å². The largest absolute Gasteiger partial charge is 0.348 e. The Kier molecular flexibility index (Phi) is 6.95. The quantitative estimate of drug-likeness (QED) is 0.440. The van der Waals surface area contributed by atoms with Crippen LogP contribution in [0.1, 0.15) is 32.6 Å². The molecule has 2 heterocycles. The molecule has 5 rings (SSSR count). The van der Waals surface area contributed by atoms with Crippen LogP contribution in [0.4, 0.5) is 0 Å². The smallest absolute Gasteiger partial charge is 0.261 e. The monoisotopic (exact) mass is 459 g/mol. The zero-order valence-electron chi connectivity index (χ0n) is 19.1. The van der Waals surface area contributed by atoms with Crippen molar-refractivity contribution in [2.75, 3.05) is 13.2 Å². The molecule has 0 bridgehead atoms. The van der Waals surface area contributed by atoms with Gasteiger partial charge in [0.1, 0.15) is 0 Å². The van der Waals surface area contributed by atoms with Crippen LogP contribution in [0.25, 0.3) is 17.0 Å². The molecule has 2 aliphatic rings. The van der Waals surface area contributed by atoms with E-state index in [2.05, 4.69) is 0 Å². The first kappa shape index (κ1) is 23.5. The number of ketones is 1. The second-order valence-electron chi connectivity index (χ2n) is 8.39. The zero-order chi connectivity index (χ0) is 24.2. The van der Waals surface area contributed by atoms with Gasteiger partial charge in [-0.05, 0) is 54.1 Å². The number of carbonyl (C=O) groups is 3. The van der Waals surface area contributed by atoms with Crippen LogP contribution < -0.4 is 5.56 Å². The molecule has 7 heteroatoms. The predicted octanol–water partition coefficient (Wildman–Crippen LogP) is 3.20. The van der Waals surface area contributed by atoms with Crippen LogP contribution in [0.15, 0.2) is 52.8 Å². The lowest BCUT2D eigenvalue weighted by atomic mass is 9.91. The number of pyridine rings is 1. The van der Waals surface area contributed by atoms with E-state index in [1.165, 1.54) is 0 Å². The first-order valence-corrected chi connectivity index (χ1v) is 11.0. The van der Waals surface area contributed by atoms with E-state index >= 15 is 0 Å². The Balaban J connectivity index is 0.000000172. The van der Waals surface area contributed by atoms with Crippen LogP contribution in [-0.2, 0) is 32.0 Å². The average molecular weight is 459 g/mol. The Morgan fingerprint density at radius 3 is 2.35 bits per heavy atom. The molecule has 0 radical (unpaired) electrons. The summed E-state index contributed by atoms with van der Waals surface area (Å²) in [4.78, 5) is 45.3. The van der Waals surface area contributed by atoms with Crippen LogP contribution in [0, 0.1) is 13.8 Å². The molecule has 0 atom stereocenters.